The zero-order valence-corrected chi connectivity index (χ0v) is 9.90. The second kappa shape index (κ2) is 4.66. The fourth-order valence-corrected chi connectivity index (χ4v) is 1.97. The van der Waals surface area contributed by atoms with Crippen molar-refractivity contribution >= 4 is 5.97 Å². The molecular weight excluding hydrogens is 204 g/mol. The molecule has 2 unspecified atom stereocenters. The average molecular weight is 222 g/mol. The zero-order chi connectivity index (χ0) is 12.3. The number of hydrogen-bond acceptors (Lipinski definition) is 2. The van der Waals surface area contributed by atoms with Gasteiger partial charge in [0.2, 0.25) is 0 Å². The quantitative estimate of drug-likeness (QED) is 0.822. The minimum atomic E-state index is -1.69. The number of aliphatic carboxylic acids is 1. The molecule has 88 valence electrons. The molecule has 1 aromatic carbocycles. The van der Waals surface area contributed by atoms with Gasteiger partial charge in [-0.2, -0.15) is 0 Å². The van der Waals surface area contributed by atoms with Gasteiger partial charge in [-0.25, -0.2) is 4.79 Å². The van der Waals surface area contributed by atoms with Gasteiger partial charge in [-0.3, -0.25) is 0 Å². The van der Waals surface area contributed by atoms with Gasteiger partial charge >= 0.3 is 5.97 Å². The van der Waals surface area contributed by atoms with Crippen LogP contribution in [-0.4, -0.2) is 21.8 Å². The van der Waals surface area contributed by atoms with Gasteiger partial charge < -0.3 is 10.2 Å². The summed E-state index contributed by atoms with van der Waals surface area (Å²) in [5.74, 6) is -1.58. The maximum atomic E-state index is 11.1. The molecule has 0 heterocycles. The number of carboxylic acids is 1. The molecule has 0 amide bonds. The van der Waals surface area contributed by atoms with E-state index < -0.39 is 17.5 Å². The molecule has 0 aliphatic rings. The van der Waals surface area contributed by atoms with Crippen molar-refractivity contribution in [3.63, 3.8) is 0 Å². The van der Waals surface area contributed by atoms with E-state index >= 15 is 0 Å². The Balaban J connectivity index is 3.15. The van der Waals surface area contributed by atoms with Crippen molar-refractivity contribution in [2.24, 2.45) is 0 Å². The van der Waals surface area contributed by atoms with Crippen LogP contribution in [-0.2, 0) is 4.79 Å². The van der Waals surface area contributed by atoms with Gasteiger partial charge in [-0.15, -0.1) is 0 Å². The topological polar surface area (TPSA) is 57.5 Å². The van der Waals surface area contributed by atoms with Crippen molar-refractivity contribution in [3.8, 4) is 0 Å². The summed E-state index contributed by atoms with van der Waals surface area (Å²) in [6.07, 6.45) is 0.192. The predicted octanol–water partition coefficient (Wildman–Crippen LogP) is 2.32. The van der Waals surface area contributed by atoms with E-state index in [2.05, 4.69) is 0 Å². The molecule has 0 bridgehead atoms. The van der Waals surface area contributed by atoms with E-state index in [1.165, 1.54) is 0 Å². The second-order valence-electron chi connectivity index (χ2n) is 4.16. The molecule has 0 saturated carbocycles. The highest BCUT2D eigenvalue weighted by atomic mass is 16.4. The third-order valence-corrected chi connectivity index (χ3v) is 3.28. The summed E-state index contributed by atoms with van der Waals surface area (Å²) in [6, 6.07) is 7.54. The fraction of sp³-hybridized carbons (Fsp3) is 0.462. The molecule has 0 fully saturated rings. The van der Waals surface area contributed by atoms with E-state index in [0.717, 1.165) is 11.1 Å². The number of benzene rings is 1. The molecule has 2 atom stereocenters. The van der Waals surface area contributed by atoms with Crippen LogP contribution in [0.4, 0.5) is 0 Å². The van der Waals surface area contributed by atoms with Gasteiger partial charge in [0, 0.05) is 5.92 Å². The highest BCUT2D eigenvalue weighted by molar-refractivity contribution is 5.78. The number of aryl methyl sites for hydroxylation is 1. The lowest BCUT2D eigenvalue weighted by Gasteiger charge is -2.30. The monoisotopic (exact) mass is 222 g/mol. The standard InChI is InChI=1S/C13H18O3/c1-4-13(16,12(14)15)10(3)11-8-6-5-7-9(11)2/h5-8,10,16H,4H2,1-3H3,(H,14,15). The Kier molecular flexibility index (Phi) is 3.70. The molecule has 1 rings (SSSR count). The van der Waals surface area contributed by atoms with Crippen molar-refractivity contribution in [1.82, 2.24) is 0 Å². The smallest absolute Gasteiger partial charge is 0.336 e. The van der Waals surface area contributed by atoms with E-state index in [-0.39, 0.29) is 6.42 Å². The Labute approximate surface area is 95.7 Å². The molecule has 3 heteroatoms. The molecule has 0 spiro atoms. The minimum absolute atomic E-state index is 0.192. The summed E-state index contributed by atoms with van der Waals surface area (Å²) in [5.41, 5.74) is 0.198. The fourth-order valence-electron chi connectivity index (χ4n) is 1.97. The van der Waals surface area contributed by atoms with Crippen molar-refractivity contribution in [2.45, 2.75) is 38.7 Å². The number of rotatable bonds is 4. The summed E-state index contributed by atoms with van der Waals surface area (Å²) < 4.78 is 0. The van der Waals surface area contributed by atoms with Crippen LogP contribution in [0.1, 0.15) is 37.3 Å². The maximum Gasteiger partial charge on any atom is 0.336 e. The Morgan fingerprint density at radius 2 is 2.00 bits per heavy atom. The van der Waals surface area contributed by atoms with Crippen LogP contribution in [0.5, 0.6) is 0 Å². The number of carboxylic acid groups (broad SMARTS) is 1. The van der Waals surface area contributed by atoms with Crippen LogP contribution in [0.15, 0.2) is 24.3 Å². The van der Waals surface area contributed by atoms with Crippen LogP contribution in [0.25, 0.3) is 0 Å². The molecule has 0 aliphatic heterocycles. The third kappa shape index (κ3) is 2.09. The summed E-state index contributed by atoms with van der Waals surface area (Å²) in [7, 11) is 0. The Morgan fingerprint density at radius 1 is 1.44 bits per heavy atom. The zero-order valence-electron chi connectivity index (χ0n) is 9.90. The molecule has 3 nitrogen and oxygen atoms in total. The molecule has 0 aliphatic carbocycles. The van der Waals surface area contributed by atoms with E-state index in [9.17, 15) is 9.90 Å². The predicted molar refractivity (Wildman–Crippen MR) is 62.5 cm³/mol. The van der Waals surface area contributed by atoms with Crippen LogP contribution < -0.4 is 0 Å². The van der Waals surface area contributed by atoms with Crippen LogP contribution >= 0.6 is 0 Å². The number of aliphatic hydroxyl groups is 1. The summed E-state index contributed by atoms with van der Waals surface area (Å²) >= 11 is 0. The Morgan fingerprint density at radius 3 is 2.44 bits per heavy atom. The number of carbonyl (C=O) groups is 1. The first-order valence-electron chi connectivity index (χ1n) is 5.44. The van der Waals surface area contributed by atoms with Gasteiger partial charge in [-0.05, 0) is 24.5 Å². The lowest BCUT2D eigenvalue weighted by molar-refractivity contribution is -0.161. The molecule has 0 radical (unpaired) electrons. The van der Waals surface area contributed by atoms with Gasteiger partial charge in [-0.1, -0.05) is 38.1 Å². The summed E-state index contributed by atoms with van der Waals surface area (Å²) in [5, 5.41) is 19.2. The third-order valence-electron chi connectivity index (χ3n) is 3.28. The maximum absolute atomic E-state index is 11.1. The van der Waals surface area contributed by atoms with Crippen molar-refractivity contribution in [3.05, 3.63) is 35.4 Å². The molecule has 2 N–H and O–H groups in total. The van der Waals surface area contributed by atoms with Crippen LogP contribution in [0.3, 0.4) is 0 Å². The molecule has 16 heavy (non-hydrogen) atoms. The van der Waals surface area contributed by atoms with Crippen molar-refractivity contribution < 1.29 is 15.0 Å². The molecule has 0 saturated heterocycles. The van der Waals surface area contributed by atoms with Crippen LogP contribution in [0.2, 0.25) is 0 Å². The largest absolute Gasteiger partial charge is 0.479 e. The van der Waals surface area contributed by atoms with Crippen molar-refractivity contribution in [2.75, 3.05) is 0 Å². The summed E-state index contributed by atoms with van der Waals surface area (Å²) in [4.78, 5) is 11.1. The van der Waals surface area contributed by atoms with E-state index in [1.54, 1.807) is 13.8 Å². The Hall–Kier alpha value is -1.35. The first kappa shape index (κ1) is 12.7. The van der Waals surface area contributed by atoms with E-state index in [4.69, 9.17) is 5.11 Å². The first-order chi connectivity index (χ1) is 7.43. The van der Waals surface area contributed by atoms with Gasteiger partial charge in [0.05, 0.1) is 0 Å². The summed E-state index contributed by atoms with van der Waals surface area (Å²) in [6.45, 7) is 5.35. The van der Waals surface area contributed by atoms with E-state index in [0.29, 0.717) is 0 Å². The first-order valence-corrected chi connectivity index (χ1v) is 5.44. The van der Waals surface area contributed by atoms with Gasteiger partial charge in [0.1, 0.15) is 0 Å². The SMILES string of the molecule is CCC(O)(C(=O)O)C(C)c1ccccc1C. The van der Waals surface area contributed by atoms with Gasteiger partial charge in [0.25, 0.3) is 0 Å². The minimum Gasteiger partial charge on any atom is -0.479 e. The normalized spacial score (nSPS) is 16.5. The number of hydrogen-bond donors (Lipinski definition) is 2. The molecule has 0 aromatic heterocycles. The lowest BCUT2D eigenvalue weighted by atomic mass is 9.80. The molecular formula is C13H18O3. The van der Waals surface area contributed by atoms with Crippen molar-refractivity contribution in [1.29, 1.82) is 0 Å². The Bertz CT molecular complexity index is 387. The highest BCUT2D eigenvalue weighted by Crippen LogP contribution is 2.32. The lowest BCUT2D eigenvalue weighted by Crippen LogP contribution is -2.43. The highest BCUT2D eigenvalue weighted by Gasteiger charge is 2.41. The molecule has 1 aromatic rings. The van der Waals surface area contributed by atoms with Gasteiger partial charge in [0.15, 0.2) is 5.60 Å². The second-order valence-corrected chi connectivity index (χ2v) is 4.16. The average Bonchev–Trinajstić information content (AvgIpc) is 2.27. The van der Waals surface area contributed by atoms with Crippen LogP contribution in [0, 0.1) is 6.92 Å². The van der Waals surface area contributed by atoms with E-state index in [1.807, 2.05) is 31.2 Å².